The van der Waals surface area contributed by atoms with Gasteiger partial charge in [0.15, 0.2) is 0 Å². The van der Waals surface area contributed by atoms with E-state index in [-0.39, 0.29) is 12.4 Å². The first-order valence-electron chi connectivity index (χ1n) is 7.16. The molecule has 0 atom stereocenters. The van der Waals surface area contributed by atoms with Gasteiger partial charge in [-0.15, -0.1) is 12.4 Å². The van der Waals surface area contributed by atoms with Crippen LogP contribution in [0.4, 0.5) is 0 Å². The normalized spacial score (nSPS) is 10.3. The third-order valence-corrected chi connectivity index (χ3v) is 3.35. The number of nitrogens with one attached hydrogen (secondary N) is 1. The molecule has 0 aromatic heterocycles. The van der Waals surface area contributed by atoms with E-state index in [1.54, 1.807) is 7.11 Å². The van der Waals surface area contributed by atoms with Crippen LogP contribution >= 0.6 is 12.4 Å². The molecular weight excluding hydrogens is 282 g/mol. The van der Waals surface area contributed by atoms with Crippen molar-refractivity contribution in [3.05, 3.63) is 54.1 Å². The van der Waals surface area contributed by atoms with Crippen molar-refractivity contribution in [2.75, 3.05) is 13.7 Å². The minimum absolute atomic E-state index is 0. The summed E-state index contributed by atoms with van der Waals surface area (Å²) in [5.74, 6) is 0.907. The molecule has 0 amide bonds. The summed E-state index contributed by atoms with van der Waals surface area (Å²) < 4.78 is 5.36. The van der Waals surface area contributed by atoms with Crippen molar-refractivity contribution in [2.24, 2.45) is 0 Å². The van der Waals surface area contributed by atoms with Gasteiger partial charge in [0.05, 0.1) is 7.11 Å². The second kappa shape index (κ2) is 8.71. The summed E-state index contributed by atoms with van der Waals surface area (Å²) in [5, 5.41) is 3.47. The van der Waals surface area contributed by atoms with Crippen LogP contribution in [0.1, 0.15) is 19.4 Å². The van der Waals surface area contributed by atoms with Gasteiger partial charge in [-0.05, 0) is 41.8 Å². The molecule has 0 spiro atoms. The number of halogens is 1. The van der Waals surface area contributed by atoms with E-state index in [2.05, 4.69) is 55.6 Å². The molecule has 0 saturated heterocycles. The standard InChI is InChI=1S/C18H23NO.ClH/c1-14(2)19-12-11-16-9-10-17(20-3)13-18(16)15-7-5-4-6-8-15;/h4-10,13-14,19H,11-12H2,1-3H3;1H. The van der Waals surface area contributed by atoms with Gasteiger partial charge in [0, 0.05) is 6.04 Å². The minimum Gasteiger partial charge on any atom is -0.497 e. The zero-order valence-electron chi connectivity index (χ0n) is 12.9. The van der Waals surface area contributed by atoms with E-state index < -0.39 is 0 Å². The molecule has 0 unspecified atom stereocenters. The van der Waals surface area contributed by atoms with Crippen molar-refractivity contribution in [3.8, 4) is 16.9 Å². The lowest BCUT2D eigenvalue weighted by Gasteiger charge is -2.13. The number of rotatable bonds is 6. The molecule has 2 aromatic rings. The molecule has 0 saturated carbocycles. The lowest BCUT2D eigenvalue weighted by molar-refractivity contribution is 0.415. The molecule has 0 aliphatic rings. The third-order valence-electron chi connectivity index (χ3n) is 3.35. The van der Waals surface area contributed by atoms with Crippen LogP contribution in [0.25, 0.3) is 11.1 Å². The zero-order chi connectivity index (χ0) is 14.4. The number of benzene rings is 2. The van der Waals surface area contributed by atoms with Gasteiger partial charge in [0.2, 0.25) is 0 Å². The lowest BCUT2D eigenvalue weighted by atomic mass is 9.97. The van der Waals surface area contributed by atoms with Gasteiger partial charge in [-0.2, -0.15) is 0 Å². The Balaban J connectivity index is 0.00000220. The summed E-state index contributed by atoms with van der Waals surface area (Å²) in [7, 11) is 1.71. The fourth-order valence-electron chi connectivity index (χ4n) is 2.28. The molecule has 2 rings (SSSR count). The average Bonchev–Trinajstić information content (AvgIpc) is 2.48. The molecule has 0 bridgehead atoms. The van der Waals surface area contributed by atoms with Crippen LogP contribution in [0, 0.1) is 0 Å². The SMILES string of the molecule is COc1ccc(CCNC(C)C)c(-c2ccccc2)c1.Cl. The highest BCUT2D eigenvalue weighted by Crippen LogP contribution is 2.28. The summed E-state index contributed by atoms with van der Waals surface area (Å²) in [4.78, 5) is 0. The molecule has 3 heteroatoms. The first kappa shape index (κ1) is 17.5. The Labute approximate surface area is 133 Å². The third kappa shape index (κ3) is 5.07. The van der Waals surface area contributed by atoms with Crippen molar-refractivity contribution in [1.82, 2.24) is 5.32 Å². The molecule has 114 valence electrons. The van der Waals surface area contributed by atoms with E-state index >= 15 is 0 Å². The fraction of sp³-hybridized carbons (Fsp3) is 0.333. The van der Waals surface area contributed by atoms with E-state index in [9.17, 15) is 0 Å². The molecule has 2 nitrogen and oxygen atoms in total. The fourth-order valence-corrected chi connectivity index (χ4v) is 2.28. The predicted octanol–water partition coefficient (Wildman–Crippen LogP) is 4.32. The first-order valence-corrected chi connectivity index (χ1v) is 7.16. The molecule has 0 aliphatic carbocycles. The van der Waals surface area contributed by atoms with Crippen LogP contribution in [0.5, 0.6) is 5.75 Å². The molecule has 2 aromatic carbocycles. The van der Waals surface area contributed by atoms with Gasteiger partial charge in [-0.25, -0.2) is 0 Å². The Bertz CT molecular complexity index is 540. The van der Waals surface area contributed by atoms with Gasteiger partial charge in [-0.1, -0.05) is 50.2 Å². The van der Waals surface area contributed by atoms with Crippen molar-refractivity contribution in [3.63, 3.8) is 0 Å². The highest BCUT2D eigenvalue weighted by Gasteiger charge is 2.07. The highest BCUT2D eigenvalue weighted by molar-refractivity contribution is 5.85. The molecule has 21 heavy (non-hydrogen) atoms. The Hall–Kier alpha value is -1.51. The maximum atomic E-state index is 5.36. The van der Waals surface area contributed by atoms with E-state index in [4.69, 9.17) is 4.74 Å². The molecule has 0 fully saturated rings. The van der Waals surface area contributed by atoms with Gasteiger partial charge in [0.1, 0.15) is 5.75 Å². The van der Waals surface area contributed by atoms with Gasteiger partial charge in [0.25, 0.3) is 0 Å². The number of methoxy groups -OCH3 is 1. The summed E-state index contributed by atoms with van der Waals surface area (Å²) in [6, 6.07) is 17.3. The van der Waals surface area contributed by atoms with Crippen molar-refractivity contribution < 1.29 is 4.74 Å². The molecule has 1 N–H and O–H groups in total. The monoisotopic (exact) mass is 305 g/mol. The van der Waals surface area contributed by atoms with Crippen molar-refractivity contribution >= 4 is 12.4 Å². The number of ether oxygens (including phenoxy) is 1. The van der Waals surface area contributed by atoms with Crippen molar-refractivity contribution in [1.29, 1.82) is 0 Å². The highest BCUT2D eigenvalue weighted by atomic mass is 35.5. The molecule has 0 aliphatic heterocycles. The Kier molecular flexibility index (Phi) is 7.27. The Morgan fingerprint density at radius 3 is 2.38 bits per heavy atom. The second-order valence-corrected chi connectivity index (χ2v) is 5.25. The maximum Gasteiger partial charge on any atom is 0.119 e. The smallest absolute Gasteiger partial charge is 0.119 e. The van der Waals surface area contributed by atoms with E-state index in [1.165, 1.54) is 16.7 Å². The van der Waals surface area contributed by atoms with Crippen LogP contribution in [-0.2, 0) is 6.42 Å². The first-order chi connectivity index (χ1) is 9.70. The summed E-state index contributed by atoms with van der Waals surface area (Å²) in [5.41, 5.74) is 3.85. The quantitative estimate of drug-likeness (QED) is 0.858. The number of hydrogen-bond donors (Lipinski definition) is 1. The predicted molar refractivity (Wildman–Crippen MR) is 92.5 cm³/mol. The molecular formula is C18H24ClNO. The molecule has 0 heterocycles. The average molecular weight is 306 g/mol. The second-order valence-electron chi connectivity index (χ2n) is 5.25. The van der Waals surface area contributed by atoms with Crippen LogP contribution in [-0.4, -0.2) is 19.7 Å². The van der Waals surface area contributed by atoms with Crippen LogP contribution in [0.15, 0.2) is 48.5 Å². The van der Waals surface area contributed by atoms with Crippen LogP contribution in [0.3, 0.4) is 0 Å². The van der Waals surface area contributed by atoms with E-state index in [0.717, 1.165) is 18.7 Å². The van der Waals surface area contributed by atoms with Crippen LogP contribution < -0.4 is 10.1 Å². The molecule has 0 radical (unpaired) electrons. The van der Waals surface area contributed by atoms with Crippen LogP contribution in [0.2, 0.25) is 0 Å². The summed E-state index contributed by atoms with van der Waals surface area (Å²) in [6.07, 6.45) is 1.02. The number of hydrogen-bond acceptors (Lipinski definition) is 2. The minimum atomic E-state index is 0. The van der Waals surface area contributed by atoms with Gasteiger partial charge in [-0.3, -0.25) is 0 Å². The van der Waals surface area contributed by atoms with Gasteiger partial charge >= 0.3 is 0 Å². The summed E-state index contributed by atoms with van der Waals surface area (Å²) >= 11 is 0. The Morgan fingerprint density at radius 2 is 1.76 bits per heavy atom. The van der Waals surface area contributed by atoms with E-state index in [1.807, 2.05) is 12.1 Å². The lowest BCUT2D eigenvalue weighted by Crippen LogP contribution is -2.25. The largest absolute Gasteiger partial charge is 0.497 e. The Morgan fingerprint density at radius 1 is 1.05 bits per heavy atom. The van der Waals surface area contributed by atoms with E-state index in [0.29, 0.717) is 6.04 Å². The topological polar surface area (TPSA) is 21.3 Å². The maximum absolute atomic E-state index is 5.36. The summed E-state index contributed by atoms with van der Waals surface area (Å²) in [6.45, 7) is 5.34. The van der Waals surface area contributed by atoms with Crippen molar-refractivity contribution in [2.45, 2.75) is 26.3 Å². The van der Waals surface area contributed by atoms with Gasteiger partial charge < -0.3 is 10.1 Å². The zero-order valence-corrected chi connectivity index (χ0v) is 13.7.